The van der Waals surface area contributed by atoms with Crippen LogP contribution < -0.4 is 5.32 Å². The Morgan fingerprint density at radius 1 is 1.31 bits per heavy atom. The molecule has 1 rings (SSSR count). The summed E-state index contributed by atoms with van der Waals surface area (Å²) in [5.41, 5.74) is 2.47. The van der Waals surface area contributed by atoms with Crippen molar-refractivity contribution in [2.24, 2.45) is 0 Å². The molecule has 0 heterocycles. The van der Waals surface area contributed by atoms with E-state index in [1.54, 1.807) is 0 Å². The second kappa shape index (κ2) is 7.10. The maximum absolute atomic E-state index is 3.93. The predicted molar refractivity (Wildman–Crippen MR) is 71.4 cm³/mol. The normalized spacial score (nSPS) is 12.1. The Balaban J connectivity index is 2.52. The minimum Gasteiger partial charge on any atom is -0.386 e. The van der Waals surface area contributed by atoms with Crippen molar-refractivity contribution in [3.05, 3.63) is 48.2 Å². The van der Waals surface area contributed by atoms with E-state index in [4.69, 9.17) is 0 Å². The van der Waals surface area contributed by atoms with Gasteiger partial charge in [-0.2, -0.15) is 0 Å². The molecule has 1 nitrogen and oxygen atoms in total. The molecule has 1 aromatic carbocycles. The summed E-state index contributed by atoms with van der Waals surface area (Å²) >= 11 is 0. The van der Waals surface area contributed by atoms with Gasteiger partial charge >= 0.3 is 0 Å². The zero-order valence-electron chi connectivity index (χ0n) is 10.5. The average molecular weight is 217 g/mol. The lowest BCUT2D eigenvalue weighted by atomic mass is 10.0. The summed E-state index contributed by atoms with van der Waals surface area (Å²) in [5, 5.41) is 3.47. The van der Waals surface area contributed by atoms with E-state index >= 15 is 0 Å². The van der Waals surface area contributed by atoms with Crippen LogP contribution in [0.25, 0.3) is 0 Å². The molecule has 1 atom stereocenters. The molecular weight excluding hydrogens is 194 g/mol. The summed E-state index contributed by atoms with van der Waals surface area (Å²) in [4.78, 5) is 0. The number of allylic oxidation sites excluding steroid dienone is 1. The minimum atomic E-state index is 0.528. The second-order valence-electron chi connectivity index (χ2n) is 4.45. The van der Waals surface area contributed by atoms with Crippen molar-refractivity contribution >= 4 is 0 Å². The van der Waals surface area contributed by atoms with Gasteiger partial charge in [-0.3, -0.25) is 0 Å². The zero-order chi connectivity index (χ0) is 11.8. The topological polar surface area (TPSA) is 12.0 Å². The molecule has 0 saturated carbocycles. The summed E-state index contributed by atoms with van der Waals surface area (Å²) in [6.07, 6.45) is 4.84. The molecule has 0 spiro atoms. The lowest BCUT2D eigenvalue weighted by molar-refractivity contribution is 0.502. The molecule has 0 radical (unpaired) electrons. The number of rotatable bonds is 7. The fourth-order valence-electron chi connectivity index (χ4n) is 1.92. The van der Waals surface area contributed by atoms with Gasteiger partial charge in [-0.15, -0.1) is 0 Å². The van der Waals surface area contributed by atoms with Gasteiger partial charge in [0.2, 0.25) is 0 Å². The third-order valence-corrected chi connectivity index (χ3v) is 2.68. The van der Waals surface area contributed by atoms with E-state index in [0.29, 0.717) is 6.04 Å². The SMILES string of the molecule is C=C(C)NC(CCCC)Cc1ccccc1. The monoisotopic (exact) mass is 217 g/mol. The van der Waals surface area contributed by atoms with Crippen molar-refractivity contribution < 1.29 is 0 Å². The number of unbranched alkanes of at least 4 members (excludes halogenated alkanes) is 1. The van der Waals surface area contributed by atoms with Gasteiger partial charge in [0.15, 0.2) is 0 Å². The number of benzene rings is 1. The molecular formula is C15H23N. The first kappa shape index (κ1) is 12.8. The Bertz CT molecular complexity index is 302. The Morgan fingerprint density at radius 3 is 2.56 bits per heavy atom. The van der Waals surface area contributed by atoms with Crippen LogP contribution in [0.1, 0.15) is 38.7 Å². The van der Waals surface area contributed by atoms with Crippen molar-refractivity contribution in [2.45, 2.75) is 45.6 Å². The van der Waals surface area contributed by atoms with Crippen LogP contribution in [0.5, 0.6) is 0 Å². The van der Waals surface area contributed by atoms with Crippen LogP contribution in [-0.4, -0.2) is 6.04 Å². The van der Waals surface area contributed by atoms with Crippen molar-refractivity contribution in [1.82, 2.24) is 5.32 Å². The molecule has 16 heavy (non-hydrogen) atoms. The molecule has 0 bridgehead atoms. The number of hydrogen-bond acceptors (Lipinski definition) is 1. The molecule has 1 heteroatoms. The first-order valence-corrected chi connectivity index (χ1v) is 6.18. The molecule has 88 valence electrons. The van der Waals surface area contributed by atoms with Gasteiger partial charge in [-0.1, -0.05) is 56.7 Å². The van der Waals surface area contributed by atoms with Crippen molar-refractivity contribution in [3.8, 4) is 0 Å². The minimum absolute atomic E-state index is 0.528. The van der Waals surface area contributed by atoms with E-state index in [1.807, 2.05) is 6.92 Å². The van der Waals surface area contributed by atoms with Gasteiger partial charge in [0.1, 0.15) is 0 Å². The van der Waals surface area contributed by atoms with Gasteiger partial charge in [0.25, 0.3) is 0 Å². The fraction of sp³-hybridized carbons (Fsp3) is 0.467. The van der Waals surface area contributed by atoms with Gasteiger partial charge in [-0.05, 0) is 25.3 Å². The molecule has 0 aliphatic rings. The van der Waals surface area contributed by atoms with E-state index in [9.17, 15) is 0 Å². The van der Waals surface area contributed by atoms with Crippen LogP contribution in [-0.2, 0) is 6.42 Å². The Kier molecular flexibility index (Phi) is 5.69. The highest BCUT2D eigenvalue weighted by Crippen LogP contribution is 2.09. The third-order valence-electron chi connectivity index (χ3n) is 2.68. The fourth-order valence-corrected chi connectivity index (χ4v) is 1.92. The molecule has 0 amide bonds. The summed E-state index contributed by atoms with van der Waals surface area (Å²) in [5.74, 6) is 0. The van der Waals surface area contributed by atoms with Gasteiger partial charge in [0.05, 0.1) is 0 Å². The third kappa shape index (κ3) is 5.01. The summed E-state index contributed by atoms with van der Waals surface area (Å²) < 4.78 is 0. The first-order chi connectivity index (χ1) is 7.72. The molecule has 0 aromatic heterocycles. The Morgan fingerprint density at radius 2 is 2.00 bits per heavy atom. The molecule has 1 unspecified atom stereocenters. The largest absolute Gasteiger partial charge is 0.386 e. The molecule has 1 aromatic rings. The van der Waals surface area contributed by atoms with Crippen LogP contribution in [0, 0.1) is 0 Å². The molecule has 0 aliphatic carbocycles. The lowest BCUT2D eigenvalue weighted by Crippen LogP contribution is -2.29. The van der Waals surface area contributed by atoms with E-state index in [1.165, 1.54) is 24.8 Å². The van der Waals surface area contributed by atoms with Crippen LogP contribution >= 0.6 is 0 Å². The summed E-state index contributed by atoms with van der Waals surface area (Å²) in [6.45, 7) is 8.20. The first-order valence-electron chi connectivity index (χ1n) is 6.18. The maximum Gasteiger partial charge on any atom is 0.0298 e. The molecule has 0 fully saturated rings. The highest BCUT2D eigenvalue weighted by Gasteiger charge is 2.07. The Hall–Kier alpha value is -1.24. The standard InChI is InChI=1S/C15H23N/c1-4-5-11-15(16-13(2)3)12-14-9-7-6-8-10-14/h6-10,15-16H,2,4-5,11-12H2,1,3H3. The lowest BCUT2D eigenvalue weighted by Gasteiger charge is -2.19. The molecule has 1 N–H and O–H groups in total. The van der Waals surface area contributed by atoms with Gasteiger partial charge in [-0.25, -0.2) is 0 Å². The van der Waals surface area contributed by atoms with E-state index in [-0.39, 0.29) is 0 Å². The predicted octanol–water partition coefficient (Wildman–Crippen LogP) is 3.91. The number of hydrogen-bond donors (Lipinski definition) is 1. The van der Waals surface area contributed by atoms with Gasteiger partial charge in [0, 0.05) is 11.7 Å². The second-order valence-corrected chi connectivity index (χ2v) is 4.45. The average Bonchev–Trinajstić information content (AvgIpc) is 2.26. The van der Waals surface area contributed by atoms with Crippen molar-refractivity contribution in [1.29, 1.82) is 0 Å². The molecule has 0 aliphatic heterocycles. The van der Waals surface area contributed by atoms with E-state index in [2.05, 4.69) is 49.2 Å². The van der Waals surface area contributed by atoms with Crippen LogP contribution in [0.3, 0.4) is 0 Å². The van der Waals surface area contributed by atoms with Crippen molar-refractivity contribution in [2.75, 3.05) is 0 Å². The smallest absolute Gasteiger partial charge is 0.0298 e. The van der Waals surface area contributed by atoms with Crippen LogP contribution in [0.15, 0.2) is 42.6 Å². The highest BCUT2D eigenvalue weighted by molar-refractivity contribution is 5.16. The van der Waals surface area contributed by atoms with E-state index in [0.717, 1.165) is 12.1 Å². The maximum atomic E-state index is 3.93. The number of nitrogens with one attached hydrogen (secondary N) is 1. The van der Waals surface area contributed by atoms with Gasteiger partial charge < -0.3 is 5.32 Å². The van der Waals surface area contributed by atoms with Crippen molar-refractivity contribution in [3.63, 3.8) is 0 Å². The quantitative estimate of drug-likeness (QED) is 0.730. The molecule has 0 saturated heterocycles. The highest BCUT2D eigenvalue weighted by atomic mass is 14.9. The zero-order valence-corrected chi connectivity index (χ0v) is 10.5. The van der Waals surface area contributed by atoms with Crippen LogP contribution in [0.4, 0.5) is 0 Å². The summed E-state index contributed by atoms with van der Waals surface area (Å²) in [6, 6.07) is 11.2. The van der Waals surface area contributed by atoms with Crippen LogP contribution in [0.2, 0.25) is 0 Å². The summed E-state index contributed by atoms with van der Waals surface area (Å²) in [7, 11) is 0. The van der Waals surface area contributed by atoms with E-state index < -0.39 is 0 Å². The Labute approximate surface area is 99.6 Å².